The molecule has 17 heavy (non-hydrogen) atoms. The lowest BCUT2D eigenvalue weighted by Crippen LogP contribution is -2.30. The Labute approximate surface area is 108 Å². The zero-order valence-corrected chi connectivity index (χ0v) is 11.0. The summed E-state index contributed by atoms with van der Waals surface area (Å²) in [6.07, 6.45) is 5.33. The summed E-state index contributed by atoms with van der Waals surface area (Å²) in [5.41, 5.74) is 5.81. The number of nitrogens with zero attached hydrogens (tertiary/aromatic N) is 2. The molecule has 0 amide bonds. The minimum atomic E-state index is -0.142. The molecular formula is C12H13BrN4. The van der Waals surface area contributed by atoms with Gasteiger partial charge in [0, 0.05) is 23.1 Å². The van der Waals surface area contributed by atoms with Gasteiger partial charge in [-0.25, -0.2) is 5.43 Å². The lowest BCUT2D eigenvalue weighted by Gasteiger charge is -2.17. The molecule has 3 N–H and O–H groups in total. The van der Waals surface area contributed by atoms with Gasteiger partial charge in [0.2, 0.25) is 0 Å². The Kier molecular flexibility index (Phi) is 3.83. The van der Waals surface area contributed by atoms with Crippen molar-refractivity contribution in [2.75, 3.05) is 0 Å². The van der Waals surface area contributed by atoms with E-state index in [0.717, 1.165) is 21.3 Å². The number of nitrogens with two attached hydrogens (primary N) is 1. The summed E-state index contributed by atoms with van der Waals surface area (Å²) in [6.45, 7) is 2.03. The second-order valence-electron chi connectivity index (χ2n) is 3.73. The van der Waals surface area contributed by atoms with Crippen LogP contribution in [0.25, 0.3) is 0 Å². The maximum absolute atomic E-state index is 5.61. The molecule has 0 aliphatic heterocycles. The van der Waals surface area contributed by atoms with E-state index < -0.39 is 0 Å². The molecule has 0 aliphatic rings. The van der Waals surface area contributed by atoms with Gasteiger partial charge in [-0.3, -0.25) is 15.8 Å². The van der Waals surface area contributed by atoms with E-state index in [1.54, 1.807) is 12.4 Å². The third-order valence-corrected chi connectivity index (χ3v) is 3.07. The van der Waals surface area contributed by atoms with Gasteiger partial charge in [0.15, 0.2) is 0 Å². The van der Waals surface area contributed by atoms with Crippen molar-refractivity contribution in [1.82, 2.24) is 15.4 Å². The Hall–Kier alpha value is -1.30. The quantitative estimate of drug-likeness (QED) is 0.672. The molecule has 0 saturated carbocycles. The van der Waals surface area contributed by atoms with Crippen LogP contribution < -0.4 is 11.3 Å². The Bertz CT molecular complexity index is 498. The van der Waals surface area contributed by atoms with Gasteiger partial charge in [0.05, 0.1) is 11.7 Å². The summed E-state index contributed by atoms with van der Waals surface area (Å²) in [7, 11) is 0. The van der Waals surface area contributed by atoms with Crippen molar-refractivity contribution >= 4 is 15.9 Å². The number of halogens is 1. The topological polar surface area (TPSA) is 63.8 Å². The summed E-state index contributed by atoms with van der Waals surface area (Å²) in [4.78, 5) is 8.47. The Morgan fingerprint density at radius 1 is 1.29 bits per heavy atom. The highest BCUT2D eigenvalue weighted by molar-refractivity contribution is 9.10. The molecule has 2 rings (SSSR count). The average molecular weight is 293 g/mol. The smallest absolute Gasteiger partial charge is 0.0898 e. The van der Waals surface area contributed by atoms with Gasteiger partial charge in [-0.1, -0.05) is 0 Å². The monoisotopic (exact) mass is 292 g/mol. The van der Waals surface area contributed by atoms with Crippen molar-refractivity contribution in [3.63, 3.8) is 0 Å². The third kappa shape index (κ3) is 2.69. The summed E-state index contributed by atoms with van der Waals surface area (Å²) in [5.74, 6) is 5.61. The molecule has 1 atom stereocenters. The van der Waals surface area contributed by atoms with Crippen LogP contribution in [0, 0.1) is 6.92 Å². The number of aryl methyl sites for hydroxylation is 1. The molecule has 2 aromatic heterocycles. The van der Waals surface area contributed by atoms with Gasteiger partial charge >= 0.3 is 0 Å². The van der Waals surface area contributed by atoms with Gasteiger partial charge in [-0.15, -0.1) is 0 Å². The molecule has 88 valence electrons. The maximum atomic E-state index is 5.61. The minimum absolute atomic E-state index is 0.142. The van der Waals surface area contributed by atoms with Gasteiger partial charge in [-0.05, 0) is 52.2 Å². The number of hydrogen-bond acceptors (Lipinski definition) is 4. The Morgan fingerprint density at radius 2 is 2.12 bits per heavy atom. The van der Waals surface area contributed by atoms with Crippen LogP contribution in [0.4, 0.5) is 0 Å². The Morgan fingerprint density at radius 3 is 2.71 bits per heavy atom. The fourth-order valence-electron chi connectivity index (χ4n) is 1.67. The van der Waals surface area contributed by atoms with E-state index in [1.165, 1.54) is 0 Å². The molecule has 2 heterocycles. The normalized spacial score (nSPS) is 12.4. The lowest BCUT2D eigenvalue weighted by molar-refractivity contribution is 0.615. The van der Waals surface area contributed by atoms with Gasteiger partial charge in [0.25, 0.3) is 0 Å². The van der Waals surface area contributed by atoms with E-state index >= 15 is 0 Å². The van der Waals surface area contributed by atoms with Crippen molar-refractivity contribution in [3.05, 3.63) is 58.1 Å². The number of aromatic nitrogens is 2. The molecule has 2 aromatic rings. The average Bonchev–Trinajstić information content (AvgIpc) is 2.35. The maximum Gasteiger partial charge on any atom is 0.0898 e. The molecule has 4 nitrogen and oxygen atoms in total. The van der Waals surface area contributed by atoms with Gasteiger partial charge < -0.3 is 0 Å². The summed E-state index contributed by atoms with van der Waals surface area (Å²) < 4.78 is 0.944. The van der Waals surface area contributed by atoms with Crippen molar-refractivity contribution in [1.29, 1.82) is 0 Å². The number of hydrazine groups is 1. The predicted molar refractivity (Wildman–Crippen MR) is 70.1 cm³/mol. The van der Waals surface area contributed by atoms with Crippen LogP contribution >= 0.6 is 15.9 Å². The number of hydrogen-bond donors (Lipinski definition) is 2. The molecule has 0 radical (unpaired) electrons. The minimum Gasteiger partial charge on any atom is -0.271 e. The highest BCUT2D eigenvalue weighted by Crippen LogP contribution is 2.22. The fourth-order valence-corrected chi connectivity index (χ4v) is 1.91. The summed E-state index contributed by atoms with van der Waals surface area (Å²) >= 11 is 3.36. The summed E-state index contributed by atoms with van der Waals surface area (Å²) in [5, 5.41) is 0. The number of rotatable bonds is 3. The first-order chi connectivity index (χ1) is 8.22. The predicted octanol–water partition coefficient (Wildman–Crippen LogP) is 2.10. The van der Waals surface area contributed by atoms with E-state index in [0.29, 0.717) is 0 Å². The largest absolute Gasteiger partial charge is 0.271 e. The highest BCUT2D eigenvalue weighted by Gasteiger charge is 2.15. The first kappa shape index (κ1) is 12.2. The standard InChI is InChI=1S/C12H13BrN4/c1-8-4-5-15-7-10(8)12(17-14)11-3-2-9(13)6-16-11/h2-7,12,17H,14H2,1H3. The van der Waals surface area contributed by atoms with Crippen molar-refractivity contribution in [3.8, 4) is 0 Å². The molecule has 5 heteroatoms. The lowest BCUT2D eigenvalue weighted by atomic mass is 10.0. The second kappa shape index (κ2) is 5.35. The SMILES string of the molecule is Cc1ccncc1C(NN)c1ccc(Br)cn1. The van der Waals surface area contributed by atoms with Gasteiger partial charge in [-0.2, -0.15) is 0 Å². The van der Waals surface area contributed by atoms with Crippen LogP contribution in [-0.2, 0) is 0 Å². The van der Waals surface area contributed by atoms with Crippen molar-refractivity contribution in [2.24, 2.45) is 5.84 Å². The van der Waals surface area contributed by atoms with E-state index in [9.17, 15) is 0 Å². The molecular weight excluding hydrogens is 280 g/mol. The second-order valence-corrected chi connectivity index (χ2v) is 4.65. The molecule has 0 spiro atoms. The molecule has 0 fully saturated rings. The van der Waals surface area contributed by atoms with Crippen LogP contribution in [0.1, 0.15) is 22.9 Å². The first-order valence-electron chi connectivity index (χ1n) is 5.20. The van der Waals surface area contributed by atoms with E-state index in [-0.39, 0.29) is 6.04 Å². The third-order valence-electron chi connectivity index (χ3n) is 2.60. The van der Waals surface area contributed by atoms with E-state index in [4.69, 9.17) is 5.84 Å². The zero-order valence-electron chi connectivity index (χ0n) is 9.39. The zero-order chi connectivity index (χ0) is 12.3. The van der Waals surface area contributed by atoms with Crippen LogP contribution in [0.5, 0.6) is 0 Å². The molecule has 0 saturated heterocycles. The molecule has 0 bridgehead atoms. The van der Waals surface area contributed by atoms with Crippen molar-refractivity contribution < 1.29 is 0 Å². The van der Waals surface area contributed by atoms with Crippen molar-refractivity contribution in [2.45, 2.75) is 13.0 Å². The number of nitrogens with one attached hydrogen (secondary N) is 1. The first-order valence-corrected chi connectivity index (χ1v) is 5.99. The van der Waals surface area contributed by atoms with E-state index in [2.05, 4.69) is 31.3 Å². The fraction of sp³-hybridized carbons (Fsp3) is 0.167. The molecule has 0 aromatic carbocycles. The van der Waals surface area contributed by atoms with Crippen LogP contribution in [-0.4, -0.2) is 9.97 Å². The Balaban J connectivity index is 2.40. The number of pyridine rings is 2. The van der Waals surface area contributed by atoms with E-state index in [1.807, 2.05) is 31.3 Å². The van der Waals surface area contributed by atoms with Crippen LogP contribution in [0.15, 0.2) is 41.3 Å². The molecule has 1 unspecified atom stereocenters. The van der Waals surface area contributed by atoms with Crippen LogP contribution in [0.3, 0.4) is 0 Å². The summed E-state index contributed by atoms with van der Waals surface area (Å²) in [6, 6.07) is 5.69. The van der Waals surface area contributed by atoms with Gasteiger partial charge in [0.1, 0.15) is 0 Å². The van der Waals surface area contributed by atoms with Crippen LogP contribution in [0.2, 0.25) is 0 Å². The molecule has 0 aliphatic carbocycles. The highest BCUT2D eigenvalue weighted by atomic mass is 79.9.